The molecule has 1 amide bonds. The topological polar surface area (TPSA) is 67.2 Å². The average molecular weight is 269 g/mol. The molecular weight excluding hydrogens is 252 g/mol. The van der Waals surface area contributed by atoms with Gasteiger partial charge in [0, 0.05) is 12.1 Å². The van der Waals surface area contributed by atoms with Crippen molar-refractivity contribution in [3.05, 3.63) is 29.3 Å². The van der Waals surface area contributed by atoms with E-state index in [0.717, 1.165) is 38.4 Å². The van der Waals surface area contributed by atoms with Gasteiger partial charge < -0.3 is 16.4 Å². The molecule has 6 heteroatoms. The molecule has 1 saturated heterocycles. The molecule has 0 spiro atoms. The van der Waals surface area contributed by atoms with Gasteiger partial charge in [-0.05, 0) is 38.4 Å². The van der Waals surface area contributed by atoms with E-state index in [4.69, 9.17) is 5.73 Å². The van der Waals surface area contributed by atoms with Crippen LogP contribution in [-0.4, -0.2) is 25.0 Å². The van der Waals surface area contributed by atoms with E-state index in [1.54, 1.807) is 0 Å². The SMILES string of the molecule is NC(=O)c1cc(NC2CCCNCC2)c(F)cc1F. The van der Waals surface area contributed by atoms with Crippen LogP contribution in [0.1, 0.15) is 29.6 Å². The van der Waals surface area contributed by atoms with Crippen molar-refractivity contribution in [3.63, 3.8) is 0 Å². The van der Waals surface area contributed by atoms with E-state index in [2.05, 4.69) is 10.6 Å². The first-order chi connectivity index (χ1) is 9.08. The second-order valence-electron chi connectivity index (χ2n) is 4.70. The number of halogens is 2. The van der Waals surface area contributed by atoms with Gasteiger partial charge in [-0.3, -0.25) is 4.79 Å². The predicted molar refractivity (Wildman–Crippen MR) is 69.0 cm³/mol. The molecule has 2 rings (SSSR count). The molecule has 4 nitrogen and oxygen atoms in total. The van der Waals surface area contributed by atoms with Crippen LogP contribution in [0.15, 0.2) is 12.1 Å². The van der Waals surface area contributed by atoms with E-state index >= 15 is 0 Å². The van der Waals surface area contributed by atoms with Gasteiger partial charge in [-0.1, -0.05) is 0 Å². The van der Waals surface area contributed by atoms with Gasteiger partial charge in [-0.2, -0.15) is 0 Å². The minimum absolute atomic E-state index is 0.107. The van der Waals surface area contributed by atoms with Crippen LogP contribution < -0.4 is 16.4 Å². The van der Waals surface area contributed by atoms with Crippen molar-refractivity contribution in [2.45, 2.75) is 25.3 Å². The molecule has 1 unspecified atom stereocenters. The number of hydrogen-bond donors (Lipinski definition) is 3. The van der Waals surface area contributed by atoms with Crippen LogP contribution in [0.4, 0.5) is 14.5 Å². The minimum atomic E-state index is -0.932. The number of nitrogens with two attached hydrogens (primary N) is 1. The summed E-state index contributed by atoms with van der Waals surface area (Å²) in [4.78, 5) is 11.1. The van der Waals surface area contributed by atoms with Crippen molar-refractivity contribution in [1.82, 2.24) is 5.32 Å². The standard InChI is InChI=1S/C13H17F2N3O/c14-10-7-11(15)12(6-9(10)13(16)19)18-8-2-1-4-17-5-3-8/h6-8,17-18H,1-5H2,(H2,16,19). The lowest BCUT2D eigenvalue weighted by Crippen LogP contribution is -2.23. The third kappa shape index (κ3) is 3.41. The van der Waals surface area contributed by atoms with E-state index in [0.29, 0.717) is 6.07 Å². The first-order valence-electron chi connectivity index (χ1n) is 6.34. The molecule has 0 aliphatic carbocycles. The summed E-state index contributed by atoms with van der Waals surface area (Å²) < 4.78 is 27.0. The molecule has 1 aliphatic rings. The molecule has 1 fully saturated rings. The summed E-state index contributed by atoms with van der Waals surface area (Å²) in [7, 11) is 0. The first kappa shape index (κ1) is 13.7. The Bertz CT molecular complexity index is 471. The van der Waals surface area contributed by atoms with E-state index in [1.165, 1.54) is 0 Å². The zero-order chi connectivity index (χ0) is 13.8. The Morgan fingerprint density at radius 1 is 1.26 bits per heavy atom. The van der Waals surface area contributed by atoms with Gasteiger partial charge in [-0.15, -0.1) is 0 Å². The zero-order valence-corrected chi connectivity index (χ0v) is 10.5. The van der Waals surface area contributed by atoms with E-state index in [-0.39, 0.29) is 17.3 Å². The normalized spacial score (nSPS) is 19.8. The fourth-order valence-electron chi connectivity index (χ4n) is 2.23. The molecule has 1 aromatic rings. The van der Waals surface area contributed by atoms with E-state index in [9.17, 15) is 13.6 Å². The number of carbonyl (C=O) groups excluding carboxylic acids is 1. The number of hydrogen-bond acceptors (Lipinski definition) is 3. The lowest BCUT2D eigenvalue weighted by atomic mass is 10.1. The van der Waals surface area contributed by atoms with Gasteiger partial charge in [0.05, 0.1) is 11.3 Å². The summed E-state index contributed by atoms with van der Waals surface area (Å²) >= 11 is 0. The van der Waals surface area contributed by atoms with Crippen molar-refractivity contribution in [2.75, 3.05) is 18.4 Å². The van der Waals surface area contributed by atoms with Gasteiger partial charge in [0.15, 0.2) is 0 Å². The zero-order valence-electron chi connectivity index (χ0n) is 10.5. The van der Waals surface area contributed by atoms with Gasteiger partial charge in [0.1, 0.15) is 11.6 Å². The number of carbonyl (C=O) groups is 1. The molecule has 1 heterocycles. The maximum Gasteiger partial charge on any atom is 0.251 e. The lowest BCUT2D eigenvalue weighted by Gasteiger charge is -2.18. The molecule has 1 aliphatic heterocycles. The number of nitrogens with one attached hydrogen (secondary N) is 2. The molecule has 1 aromatic carbocycles. The smallest absolute Gasteiger partial charge is 0.251 e. The highest BCUT2D eigenvalue weighted by molar-refractivity contribution is 5.94. The Labute approximate surface area is 110 Å². The number of anilines is 1. The Balaban J connectivity index is 2.19. The number of amides is 1. The van der Waals surface area contributed by atoms with Gasteiger partial charge in [0.25, 0.3) is 5.91 Å². The van der Waals surface area contributed by atoms with Crippen LogP contribution >= 0.6 is 0 Å². The second-order valence-corrected chi connectivity index (χ2v) is 4.70. The highest BCUT2D eigenvalue weighted by Gasteiger charge is 2.17. The minimum Gasteiger partial charge on any atom is -0.380 e. The summed E-state index contributed by atoms with van der Waals surface area (Å²) in [6, 6.07) is 1.94. The Morgan fingerprint density at radius 2 is 2.05 bits per heavy atom. The molecule has 1 atom stereocenters. The van der Waals surface area contributed by atoms with Crippen molar-refractivity contribution >= 4 is 11.6 Å². The van der Waals surface area contributed by atoms with Crippen LogP contribution in [0.3, 0.4) is 0 Å². The van der Waals surface area contributed by atoms with Crippen LogP contribution in [0.25, 0.3) is 0 Å². The van der Waals surface area contributed by atoms with Crippen LogP contribution in [0, 0.1) is 11.6 Å². The molecule has 0 radical (unpaired) electrons. The summed E-state index contributed by atoms with van der Waals surface area (Å²) in [5.41, 5.74) is 4.88. The van der Waals surface area contributed by atoms with Crippen molar-refractivity contribution in [2.24, 2.45) is 5.73 Å². The molecular formula is C13H17F2N3O. The molecule has 0 aromatic heterocycles. The first-order valence-corrected chi connectivity index (χ1v) is 6.34. The maximum absolute atomic E-state index is 13.7. The monoisotopic (exact) mass is 269 g/mol. The highest BCUT2D eigenvalue weighted by atomic mass is 19.1. The Hall–Kier alpha value is -1.69. The molecule has 0 saturated carbocycles. The van der Waals surface area contributed by atoms with E-state index < -0.39 is 17.5 Å². The van der Waals surface area contributed by atoms with Crippen LogP contribution in [-0.2, 0) is 0 Å². The lowest BCUT2D eigenvalue weighted by molar-refractivity contribution is 0.0996. The summed E-state index contributed by atoms with van der Waals surface area (Å²) in [6.07, 6.45) is 2.74. The van der Waals surface area contributed by atoms with Gasteiger partial charge in [-0.25, -0.2) is 8.78 Å². The molecule has 4 N–H and O–H groups in total. The second kappa shape index (κ2) is 5.97. The largest absolute Gasteiger partial charge is 0.380 e. The molecule has 19 heavy (non-hydrogen) atoms. The van der Waals surface area contributed by atoms with Crippen LogP contribution in [0.2, 0.25) is 0 Å². The Morgan fingerprint density at radius 3 is 2.79 bits per heavy atom. The third-order valence-electron chi connectivity index (χ3n) is 3.26. The predicted octanol–water partition coefficient (Wildman–Crippen LogP) is 1.62. The summed E-state index contributed by atoms with van der Waals surface area (Å²) in [5.74, 6) is -2.54. The Kier molecular flexibility index (Phi) is 4.31. The van der Waals surface area contributed by atoms with Gasteiger partial charge in [0.2, 0.25) is 0 Å². The number of primary amides is 1. The van der Waals surface area contributed by atoms with Crippen molar-refractivity contribution in [3.8, 4) is 0 Å². The van der Waals surface area contributed by atoms with Crippen molar-refractivity contribution < 1.29 is 13.6 Å². The number of benzene rings is 1. The summed E-state index contributed by atoms with van der Waals surface area (Å²) in [5, 5.41) is 6.27. The third-order valence-corrected chi connectivity index (χ3v) is 3.26. The van der Waals surface area contributed by atoms with E-state index in [1.807, 2.05) is 0 Å². The fraction of sp³-hybridized carbons (Fsp3) is 0.462. The number of rotatable bonds is 3. The molecule has 0 bridgehead atoms. The van der Waals surface area contributed by atoms with Crippen molar-refractivity contribution in [1.29, 1.82) is 0 Å². The average Bonchev–Trinajstić information content (AvgIpc) is 2.60. The van der Waals surface area contributed by atoms with Gasteiger partial charge >= 0.3 is 0 Å². The fourth-order valence-corrected chi connectivity index (χ4v) is 2.23. The molecule has 104 valence electrons. The highest BCUT2D eigenvalue weighted by Crippen LogP contribution is 2.22. The summed E-state index contributed by atoms with van der Waals surface area (Å²) in [6.45, 7) is 1.79. The van der Waals surface area contributed by atoms with Crippen LogP contribution in [0.5, 0.6) is 0 Å². The quantitative estimate of drug-likeness (QED) is 0.781. The maximum atomic E-state index is 13.7.